The van der Waals surface area contributed by atoms with Crippen LogP contribution in [0.25, 0.3) is 0 Å². The van der Waals surface area contributed by atoms with Crippen molar-refractivity contribution in [1.82, 2.24) is 0 Å². The van der Waals surface area contributed by atoms with Crippen LogP contribution < -0.4 is 0 Å². The summed E-state index contributed by atoms with van der Waals surface area (Å²) < 4.78 is 10.5. The number of methoxy groups -OCH3 is 1. The molecule has 0 heterocycles. The van der Waals surface area contributed by atoms with Crippen LogP contribution in [0.5, 0.6) is 0 Å². The molecule has 1 atom stereocenters. The Labute approximate surface area is 119 Å². The summed E-state index contributed by atoms with van der Waals surface area (Å²) in [5, 5.41) is 0. The topological polar surface area (TPSA) is 35.5 Å². The van der Waals surface area contributed by atoms with Crippen LogP contribution >= 0.6 is 0 Å². The third kappa shape index (κ3) is 3.68. The minimum absolute atomic E-state index is 0.0384. The lowest BCUT2D eigenvalue weighted by Crippen LogP contribution is -2.02. The molecule has 0 aromatic heterocycles. The zero-order valence-electron chi connectivity index (χ0n) is 11.7. The van der Waals surface area contributed by atoms with Gasteiger partial charge in [0.05, 0.1) is 25.4 Å². The molecule has 3 heteroatoms. The van der Waals surface area contributed by atoms with Crippen LogP contribution in [0.1, 0.15) is 34.5 Å². The fourth-order valence-corrected chi connectivity index (χ4v) is 1.90. The largest absolute Gasteiger partial charge is 0.465 e. The zero-order valence-corrected chi connectivity index (χ0v) is 11.7. The molecule has 20 heavy (non-hydrogen) atoms. The summed E-state index contributed by atoms with van der Waals surface area (Å²) in [5.41, 5.74) is 2.73. The maximum absolute atomic E-state index is 11.3. The van der Waals surface area contributed by atoms with Crippen molar-refractivity contribution in [2.75, 3.05) is 7.11 Å². The lowest BCUT2D eigenvalue weighted by Gasteiger charge is -2.13. The first-order valence-corrected chi connectivity index (χ1v) is 6.54. The van der Waals surface area contributed by atoms with Crippen molar-refractivity contribution in [1.29, 1.82) is 0 Å². The molecule has 0 saturated heterocycles. The van der Waals surface area contributed by atoms with Gasteiger partial charge in [0.2, 0.25) is 0 Å². The van der Waals surface area contributed by atoms with Gasteiger partial charge in [0.25, 0.3) is 0 Å². The Kier molecular flexibility index (Phi) is 4.91. The number of carbonyl (C=O) groups is 1. The molecule has 104 valence electrons. The molecule has 0 aliphatic carbocycles. The molecule has 0 radical (unpaired) electrons. The van der Waals surface area contributed by atoms with Gasteiger partial charge in [-0.3, -0.25) is 0 Å². The predicted molar refractivity (Wildman–Crippen MR) is 77.4 cm³/mol. The molecule has 0 aliphatic rings. The highest BCUT2D eigenvalue weighted by Crippen LogP contribution is 2.18. The second-order valence-corrected chi connectivity index (χ2v) is 4.55. The molecule has 0 N–H and O–H groups in total. The van der Waals surface area contributed by atoms with Crippen LogP contribution in [0.3, 0.4) is 0 Å². The summed E-state index contributed by atoms with van der Waals surface area (Å²) in [6, 6.07) is 17.3. The Balaban J connectivity index is 1.93. The maximum atomic E-state index is 11.3. The van der Waals surface area contributed by atoms with Gasteiger partial charge in [-0.15, -0.1) is 0 Å². The highest BCUT2D eigenvalue weighted by atomic mass is 16.5. The second kappa shape index (κ2) is 6.87. The molecular formula is C17H18O3. The first kappa shape index (κ1) is 14.3. The van der Waals surface area contributed by atoms with Crippen LogP contribution in [-0.4, -0.2) is 13.1 Å². The summed E-state index contributed by atoms with van der Waals surface area (Å²) in [7, 11) is 1.38. The molecule has 1 unspecified atom stereocenters. The van der Waals surface area contributed by atoms with E-state index in [0.717, 1.165) is 11.1 Å². The zero-order chi connectivity index (χ0) is 14.4. The summed E-state index contributed by atoms with van der Waals surface area (Å²) in [6.45, 7) is 2.54. The van der Waals surface area contributed by atoms with E-state index >= 15 is 0 Å². The van der Waals surface area contributed by atoms with Crippen LogP contribution in [0.4, 0.5) is 0 Å². The lowest BCUT2D eigenvalue weighted by molar-refractivity contribution is 0.0524. The molecule has 0 amide bonds. The number of hydrogen-bond donors (Lipinski definition) is 0. The third-order valence-corrected chi connectivity index (χ3v) is 3.14. The Morgan fingerprint density at radius 2 is 1.70 bits per heavy atom. The minimum atomic E-state index is -0.324. The van der Waals surface area contributed by atoms with E-state index < -0.39 is 0 Å². The number of rotatable bonds is 5. The summed E-state index contributed by atoms with van der Waals surface area (Å²) in [4.78, 5) is 11.3. The Bertz CT molecular complexity index is 546. The van der Waals surface area contributed by atoms with Gasteiger partial charge in [-0.2, -0.15) is 0 Å². The molecule has 0 fully saturated rings. The Morgan fingerprint density at radius 1 is 1.05 bits per heavy atom. The molecular weight excluding hydrogens is 252 g/mol. The van der Waals surface area contributed by atoms with E-state index in [0.29, 0.717) is 12.2 Å². The normalized spacial score (nSPS) is 11.9. The number of ether oxygens (including phenoxy) is 2. The smallest absolute Gasteiger partial charge is 0.337 e. The van der Waals surface area contributed by atoms with Gasteiger partial charge in [-0.25, -0.2) is 4.79 Å². The molecule has 0 bridgehead atoms. The van der Waals surface area contributed by atoms with E-state index in [2.05, 4.69) is 4.74 Å². The molecule has 3 nitrogen and oxygen atoms in total. The lowest BCUT2D eigenvalue weighted by atomic mass is 10.1. The van der Waals surface area contributed by atoms with E-state index in [1.807, 2.05) is 49.4 Å². The van der Waals surface area contributed by atoms with E-state index in [1.165, 1.54) is 7.11 Å². The number of hydrogen-bond acceptors (Lipinski definition) is 3. The van der Waals surface area contributed by atoms with Crippen molar-refractivity contribution in [2.24, 2.45) is 0 Å². The Morgan fingerprint density at radius 3 is 2.30 bits per heavy atom. The van der Waals surface area contributed by atoms with Crippen molar-refractivity contribution in [2.45, 2.75) is 19.6 Å². The van der Waals surface area contributed by atoms with Crippen molar-refractivity contribution < 1.29 is 14.3 Å². The SMILES string of the molecule is COC(=O)c1ccc(COC(C)c2ccccc2)cc1. The summed E-state index contributed by atoms with van der Waals surface area (Å²) >= 11 is 0. The molecule has 2 aromatic rings. The molecule has 0 spiro atoms. The standard InChI is InChI=1S/C17H18O3/c1-13(15-6-4-3-5-7-15)20-12-14-8-10-16(11-9-14)17(18)19-2/h3-11,13H,12H2,1-2H3. The predicted octanol–water partition coefficient (Wildman–Crippen LogP) is 3.75. The van der Waals surface area contributed by atoms with Gasteiger partial charge >= 0.3 is 5.97 Å². The number of carbonyl (C=O) groups excluding carboxylic acids is 1. The Hall–Kier alpha value is -2.13. The molecule has 0 aliphatic heterocycles. The molecule has 0 saturated carbocycles. The van der Waals surface area contributed by atoms with Crippen LogP contribution in [0, 0.1) is 0 Å². The van der Waals surface area contributed by atoms with Gasteiger partial charge in [0.15, 0.2) is 0 Å². The highest BCUT2D eigenvalue weighted by molar-refractivity contribution is 5.89. The van der Waals surface area contributed by atoms with Crippen LogP contribution in [0.15, 0.2) is 54.6 Å². The van der Waals surface area contributed by atoms with Crippen LogP contribution in [0.2, 0.25) is 0 Å². The van der Waals surface area contributed by atoms with Crippen molar-refractivity contribution >= 4 is 5.97 Å². The van der Waals surface area contributed by atoms with Gasteiger partial charge < -0.3 is 9.47 Å². The van der Waals surface area contributed by atoms with E-state index in [-0.39, 0.29) is 12.1 Å². The minimum Gasteiger partial charge on any atom is -0.465 e. The van der Waals surface area contributed by atoms with Crippen molar-refractivity contribution in [3.8, 4) is 0 Å². The maximum Gasteiger partial charge on any atom is 0.337 e. The monoisotopic (exact) mass is 270 g/mol. The van der Waals surface area contributed by atoms with Crippen molar-refractivity contribution in [3.63, 3.8) is 0 Å². The first-order chi connectivity index (χ1) is 9.70. The molecule has 2 aromatic carbocycles. The number of benzene rings is 2. The second-order valence-electron chi connectivity index (χ2n) is 4.55. The van der Waals surface area contributed by atoms with Crippen molar-refractivity contribution in [3.05, 3.63) is 71.3 Å². The van der Waals surface area contributed by atoms with E-state index in [1.54, 1.807) is 12.1 Å². The first-order valence-electron chi connectivity index (χ1n) is 6.54. The average molecular weight is 270 g/mol. The van der Waals surface area contributed by atoms with E-state index in [4.69, 9.17) is 4.74 Å². The van der Waals surface area contributed by atoms with Gasteiger partial charge in [-0.05, 0) is 30.2 Å². The van der Waals surface area contributed by atoms with Gasteiger partial charge in [-0.1, -0.05) is 42.5 Å². The highest BCUT2D eigenvalue weighted by Gasteiger charge is 2.07. The fraction of sp³-hybridized carbons (Fsp3) is 0.235. The summed E-state index contributed by atoms with van der Waals surface area (Å²) in [5.74, 6) is -0.324. The summed E-state index contributed by atoms with van der Waals surface area (Å²) in [6.07, 6.45) is 0.0384. The quantitative estimate of drug-likeness (QED) is 0.776. The van der Waals surface area contributed by atoms with Gasteiger partial charge in [0.1, 0.15) is 0 Å². The van der Waals surface area contributed by atoms with Gasteiger partial charge in [0, 0.05) is 0 Å². The third-order valence-electron chi connectivity index (χ3n) is 3.14. The fourth-order valence-electron chi connectivity index (χ4n) is 1.90. The van der Waals surface area contributed by atoms with E-state index in [9.17, 15) is 4.79 Å². The van der Waals surface area contributed by atoms with Crippen LogP contribution in [-0.2, 0) is 16.1 Å². The average Bonchev–Trinajstić information content (AvgIpc) is 2.53. The number of esters is 1. The molecule has 2 rings (SSSR count).